The van der Waals surface area contributed by atoms with Crippen LogP contribution in [0.2, 0.25) is 0 Å². The van der Waals surface area contributed by atoms with Gasteiger partial charge in [0.05, 0.1) is 12.2 Å². The molecule has 0 aliphatic carbocycles. The first kappa shape index (κ1) is 20.6. The Hall–Kier alpha value is -3.12. The number of nitrogens with one attached hydrogen (secondary N) is 1. The van der Waals surface area contributed by atoms with Gasteiger partial charge in [0.1, 0.15) is 10.8 Å². The molecule has 0 radical (unpaired) electrons. The fraction of sp³-hybridized carbons (Fsp3) is 0.217. The first-order chi connectivity index (χ1) is 14.0. The number of benzene rings is 2. The fourth-order valence-electron chi connectivity index (χ4n) is 2.99. The SMILES string of the molecule is CCCOc1ccc(C(=O)Nc2sc(Cc3ccccc3)c(C)c2C(N)=O)cc1. The lowest BCUT2D eigenvalue weighted by Gasteiger charge is -2.07. The quantitative estimate of drug-likeness (QED) is 0.562. The summed E-state index contributed by atoms with van der Waals surface area (Å²) in [5.41, 5.74) is 8.40. The normalized spacial score (nSPS) is 10.6. The summed E-state index contributed by atoms with van der Waals surface area (Å²) < 4.78 is 5.54. The molecule has 0 spiro atoms. The molecule has 150 valence electrons. The van der Waals surface area contributed by atoms with Crippen LogP contribution in [0.25, 0.3) is 0 Å². The van der Waals surface area contributed by atoms with Crippen molar-refractivity contribution in [2.45, 2.75) is 26.7 Å². The van der Waals surface area contributed by atoms with Gasteiger partial charge in [-0.05, 0) is 48.7 Å². The van der Waals surface area contributed by atoms with Crippen molar-refractivity contribution in [3.05, 3.63) is 81.7 Å². The molecule has 2 aromatic carbocycles. The lowest BCUT2D eigenvalue weighted by Crippen LogP contribution is -2.17. The molecule has 3 N–H and O–H groups in total. The van der Waals surface area contributed by atoms with Crippen LogP contribution >= 0.6 is 11.3 Å². The molecule has 3 aromatic rings. The number of amides is 2. The van der Waals surface area contributed by atoms with Crippen LogP contribution in [-0.4, -0.2) is 18.4 Å². The monoisotopic (exact) mass is 408 g/mol. The van der Waals surface area contributed by atoms with Crippen LogP contribution in [0.15, 0.2) is 54.6 Å². The molecule has 5 nitrogen and oxygen atoms in total. The molecule has 0 aliphatic rings. The Labute approximate surface area is 174 Å². The summed E-state index contributed by atoms with van der Waals surface area (Å²) in [5, 5.41) is 3.34. The van der Waals surface area contributed by atoms with E-state index in [0.717, 1.165) is 28.2 Å². The molecule has 29 heavy (non-hydrogen) atoms. The van der Waals surface area contributed by atoms with Crippen molar-refractivity contribution in [1.29, 1.82) is 0 Å². The number of nitrogens with two attached hydrogens (primary N) is 1. The zero-order valence-corrected chi connectivity index (χ0v) is 17.3. The summed E-state index contributed by atoms with van der Waals surface area (Å²) in [6.07, 6.45) is 1.60. The van der Waals surface area contributed by atoms with E-state index in [9.17, 15) is 9.59 Å². The molecule has 1 heterocycles. The second kappa shape index (κ2) is 9.39. The van der Waals surface area contributed by atoms with Crippen molar-refractivity contribution >= 4 is 28.2 Å². The van der Waals surface area contributed by atoms with E-state index in [4.69, 9.17) is 10.5 Å². The Morgan fingerprint density at radius 3 is 2.38 bits per heavy atom. The minimum Gasteiger partial charge on any atom is -0.494 e. The van der Waals surface area contributed by atoms with Crippen LogP contribution in [0, 0.1) is 6.92 Å². The maximum Gasteiger partial charge on any atom is 0.256 e. The smallest absolute Gasteiger partial charge is 0.256 e. The number of rotatable bonds is 8. The van der Waals surface area contributed by atoms with Gasteiger partial charge in [-0.25, -0.2) is 0 Å². The standard InChI is InChI=1S/C23H24N2O3S/c1-3-13-28-18-11-9-17(10-12-18)22(27)25-23-20(21(24)26)15(2)19(29-23)14-16-7-5-4-6-8-16/h4-12H,3,13-14H2,1-2H3,(H2,24,26)(H,25,27). The van der Waals surface area contributed by atoms with Crippen molar-refractivity contribution in [3.63, 3.8) is 0 Å². The van der Waals surface area contributed by atoms with E-state index in [0.29, 0.717) is 29.2 Å². The maximum atomic E-state index is 12.7. The Morgan fingerprint density at radius 1 is 1.07 bits per heavy atom. The van der Waals surface area contributed by atoms with E-state index < -0.39 is 5.91 Å². The first-order valence-corrected chi connectivity index (χ1v) is 10.3. The molecule has 0 saturated carbocycles. The molecule has 1 aromatic heterocycles. The summed E-state index contributed by atoms with van der Waals surface area (Å²) in [6, 6.07) is 16.9. The molecule has 0 aliphatic heterocycles. The Balaban J connectivity index is 1.81. The highest BCUT2D eigenvalue weighted by molar-refractivity contribution is 7.17. The summed E-state index contributed by atoms with van der Waals surface area (Å²) in [6.45, 7) is 4.53. The highest BCUT2D eigenvalue weighted by atomic mass is 32.1. The van der Waals surface area contributed by atoms with Gasteiger partial charge in [-0.1, -0.05) is 37.3 Å². The molecule has 6 heteroatoms. The third-order valence-corrected chi connectivity index (χ3v) is 5.72. The van der Waals surface area contributed by atoms with E-state index in [2.05, 4.69) is 5.32 Å². The molecule has 0 saturated heterocycles. The largest absolute Gasteiger partial charge is 0.494 e. The summed E-state index contributed by atoms with van der Waals surface area (Å²) >= 11 is 1.39. The van der Waals surface area contributed by atoms with Gasteiger partial charge in [-0.3, -0.25) is 9.59 Å². The zero-order chi connectivity index (χ0) is 20.8. The van der Waals surface area contributed by atoms with Crippen molar-refractivity contribution in [2.75, 3.05) is 11.9 Å². The minimum atomic E-state index is -0.545. The number of carbonyl (C=O) groups excluding carboxylic acids is 2. The van der Waals surface area contributed by atoms with Crippen LogP contribution in [0.4, 0.5) is 5.00 Å². The van der Waals surface area contributed by atoms with Gasteiger partial charge in [0, 0.05) is 16.9 Å². The number of ether oxygens (including phenoxy) is 1. The number of primary amides is 1. The molecule has 0 atom stereocenters. The van der Waals surface area contributed by atoms with Crippen LogP contribution in [0.5, 0.6) is 5.75 Å². The van der Waals surface area contributed by atoms with Crippen LogP contribution in [0.1, 0.15) is 50.1 Å². The number of thiophene rings is 1. The van der Waals surface area contributed by atoms with Crippen LogP contribution in [-0.2, 0) is 6.42 Å². The van der Waals surface area contributed by atoms with Gasteiger partial charge in [0.25, 0.3) is 11.8 Å². The molecule has 0 unspecified atom stereocenters. The molecule has 2 amide bonds. The van der Waals surface area contributed by atoms with Gasteiger partial charge < -0.3 is 15.8 Å². The molecular weight excluding hydrogens is 384 g/mol. The van der Waals surface area contributed by atoms with Gasteiger partial charge in [-0.2, -0.15) is 0 Å². The Kier molecular flexibility index (Phi) is 6.67. The summed E-state index contributed by atoms with van der Waals surface area (Å²) in [7, 11) is 0. The Bertz CT molecular complexity index is 995. The first-order valence-electron chi connectivity index (χ1n) is 9.49. The topological polar surface area (TPSA) is 81.4 Å². The summed E-state index contributed by atoms with van der Waals surface area (Å²) in [4.78, 5) is 25.7. The summed E-state index contributed by atoms with van der Waals surface area (Å²) in [5.74, 6) is -0.114. The van der Waals surface area contributed by atoms with Gasteiger partial charge in [-0.15, -0.1) is 11.3 Å². The third kappa shape index (κ3) is 5.03. The number of hydrogen-bond acceptors (Lipinski definition) is 4. The Morgan fingerprint density at radius 2 is 1.76 bits per heavy atom. The van der Waals surface area contributed by atoms with Crippen LogP contribution in [0.3, 0.4) is 0 Å². The second-order valence-corrected chi connectivity index (χ2v) is 7.81. The van der Waals surface area contributed by atoms with Gasteiger partial charge >= 0.3 is 0 Å². The maximum absolute atomic E-state index is 12.7. The zero-order valence-electron chi connectivity index (χ0n) is 16.5. The van der Waals surface area contributed by atoms with E-state index in [1.54, 1.807) is 24.3 Å². The average Bonchev–Trinajstić information content (AvgIpc) is 3.02. The van der Waals surface area contributed by atoms with E-state index >= 15 is 0 Å². The van der Waals surface area contributed by atoms with Crippen molar-refractivity contribution in [3.8, 4) is 5.75 Å². The predicted molar refractivity (Wildman–Crippen MR) is 117 cm³/mol. The molecule has 0 fully saturated rings. The third-order valence-electron chi connectivity index (χ3n) is 4.52. The molecular formula is C23H24N2O3S. The number of anilines is 1. The predicted octanol–water partition coefficient (Wildman–Crippen LogP) is 4.79. The fourth-order valence-corrected chi connectivity index (χ4v) is 4.23. The van der Waals surface area contributed by atoms with E-state index in [1.165, 1.54) is 11.3 Å². The molecule has 3 rings (SSSR count). The molecule has 0 bridgehead atoms. The number of carbonyl (C=O) groups is 2. The van der Waals surface area contributed by atoms with Crippen molar-refractivity contribution in [1.82, 2.24) is 0 Å². The van der Waals surface area contributed by atoms with E-state index in [1.807, 2.05) is 44.2 Å². The number of hydrogen-bond donors (Lipinski definition) is 2. The van der Waals surface area contributed by atoms with Gasteiger partial charge in [0.15, 0.2) is 0 Å². The average molecular weight is 409 g/mol. The minimum absolute atomic E-state index is 0.290. The lowest BCUT2D eigenvalue weighted by molar-refractivity contribution is 0.100. The van der Waals surface area contributed by atoms with Gasteiger partial charge in [0.2, 0.25) is 0 Å². The highest BCUT2D eigenvalue weighted by Crippen LogP contribution is 2.34. The van der Waals surface area contributed by atoms with Crippen molar-refractivity contribution in [2.24, 2.45) is 5.73 Å². The second-order valence-electron chi connectivity index (χ2n) is 6.71. The van der Waals surface area contributed by atoms with Crippen molar-refractivity contribution < 1.29 is 14.3 Å². The van der Waals surface area contributed by atoms with E-state index in [-0.39, 0.29) is 5.91 Å². The lowest BCUT2D eigenvalue weighted by atomic mass is 10.1. The highest BCUT2D eigenvalue weighted by Gasteiger charge is 2.21. The van der Waals surface area contributed by atoms with Crippen LogP contribution < -0.4 is 15.8 Å².